The van der Waals surface area contributed by atoms with Crippen molar-refractivity contribution in [3.05, 3.63) is 58.0 Å². The predicted molar refractivity (Wildman–Crippen MR) is 103 cm³/mol. The first-order chi connectivity index (χ1) is 11.5. The molecule has 5 heteroatoms. The van der Waals surface area contributed by atoms with Gasteiger partial charge in [-0.1, -0.05) is 48.0 Å². The highest BCUT2D eigenvalue weighted by Gasteiger charge is 2.20. The molecular formula is C19H19ClN2OS. The van der Waals surface area contributed by atoms with E-state index in [4.69, 9.17) is 11.6 Å². The topological polar surface area (TPSA) is 41.5 Å². The Kier molecular flexibility index (Phi) is 4.88. The normalized spacial score (nSPS) is 19.4. The maximum atomic E-state index is 12.5. The molecule has 1 atom stereocenters. The number of benzene rings is 1. The summed E-state index contributed by atoms with van der Waals surface area (Å²) in [6.45, 7) is 8.08. The molecule has 0 radical (unpaired) electrons. The van der Waals surface area contributed by atoms with Gasteiger partial charge in [-0.2, -0.15) is 5.10 Å². The summed E-state index contributed by atoms with van der Waals surface area (Å²) >= 11 is 7.73. The second kappa shape index (κ2) is 6.91. The van der Waals surface area contributed by atoms with Gasteiger partial charge in [0, 0.05) is 10.1 Å². The van der Waals surface area contributed by atoms with Crippen LogP contribution < -0.4 is 5.43 Å². The molecule has 1 amide bonds. The van der Waals surface area contributed by atoms with Crippen LogP contribution in [0, 0.1) is 5.92 Å². The van der Waals surface area contributed by atoms with Crippen LogP contribution in [0.4, 0.5) is 0 Å². The first kappa shape index (κ1) is 16.9. The number of fused-ring (bicyclic) bond motifs is 1. The lowest BCUT2D eigenvalue weighted by atomic mass is 9.85. The zero-order valence-electron chi connectivity index (χ0n) is 13.7. The van der Waals surface area contributed by atoms with Crippen LogP contribution in [0.3, 0.4) is 0 Å². The van der Waals surface area contributed by atoms with Crippen LogP contribution in [0.25, 0.3) is 10.1 Å². The van der Waals surface area contributed by atoms with Crippen molar-refractivity contribution < 1.29 is 4.79 Å². The van der Waals surface area contributed by atoms with Gasteiger partial charge in [-0.15, -0.1) is 11.3 Å². The van der Waals surface area contributed by atoms with Crippen molar-refractivity contribution in [2.75, 3.05) is 0 Å². The van der Waals surface area contributed by atoms with Gasteiger partial charge in [0.05, 0.1) is 10.7 Å². The molecule has 1 aliphatic rings. The largest absolute Gasteiger partial charge is 0.283 e. The fourth-order valence-corrected chi connectivity index (χ4v) is 4.16. The number of rotatable bonds is 3. The molecule has 2 aromatic rings. The summed E-state index contributed by atoms with van der Waals surface area (Å²) in [6.07, 6.45) is 3.94. The number of hydrogen-bond acceptors (Lipinski definition) is 3. The van der Waals surface area contributed by atoms with Crippen LogP contribution >= 0.6 is 22.9 Å². The van der Waals surface area contributed by atoms with E-state index in [-0.39, 0.29) is 5.91 Å². The summed E-state index contributed by atoms with van der Waals surface area (Å²) in [7, 11) is 0. The number of hydrazone groups is 1. The lowest BCUT2D eigenvalue weighted by molar-refractivity contribution is 0.0959. The molecule has 0 bridgehead atoms. The van der Waals surface area contributed by atoms with Crippen molar-refractivity contribution in [2.24, 2.45) is 11.0 Å². The highest BCUT2D eigenvalue weighted by atomic mass is 35.5. The second-order valence-corrected chi connectivity index (χ2v) is 7.54. The lowest BCUT2D eigenvalue weighted by Gasteiger charge is -2.22. The van der Waals surface area contributed by atoms with E-state index in [9.17, 15) is 4.79 Å². The third-order valence-electron chi connectivity index (χ3n) is 4.33. The van der Waals surface area contributed by atoms with E-state index in [0.29, 0.717) is 15.8 Å². The number of amides is 1. The van der Waals surface area contributed by atoms with E-state index < -0.39 is 0 Å². The molecule has 0 spiro atoms. The monoisotopic (exact) mass is 358 g/mol. The van der Waals surface area contributed by atoms with Crippen LogP contribution in [0.1, 0.15) is 36.4 Å². The van der Waals surface area contributed by atoms with Crippen molar-refractivity contribution in [1.82, 2.24) is 5.43 Å². The van der Waals surface area contributed by atoms with Gasteiger partial charge in [0.15, 0.2) is 0 Å². The molecule has 1 aliphatic carbocycles. The van der Waals surface area contributed by atoms with E-state index in [1.807, 2.05) is 38.1 Å². The molecule has 1 heterocycles. The Morgan fingerprint density at radius 1 is 1.42 bits per heavy atom. The third kappa shape index (κ3) is 3.30. The van der Waals surface area contributed by atoms with Crippen molar-refractivity contribution >= 4 is 44.6 Å². The zero-order chi connectivity index (χ0) is 17.3. The lowest BCUT2D eigenvalue weighted by Crippen LogP contribution is -2.22. The Morgan fingerprint density at radius 2 is 2.17 bits per heavy atom. The molecule has 1 N–H and O–H groups in total. The summed E-state index contributed by atoms with van der Waals surface area (Å²) < 4.78 is 0.997. The van der Waals surface area contributed by atoms with Crippen molar-refractivity contribution in [3.8, 4) is 0 Å². The quantitative estimate of drug-likeness (QED) is 0.565. The number of halogens is 1. The van der Waals surface area contributed by atoms with Gasteiger partial charge < -0.3 is 0 Å². The smallest absolute Gasteiger partial charge is 0.266 e. The molecule has 1 aromatic heterocycles. The molecule has 1 aromatic carbocycles. The maximum absolute atomic E-state index is 12.5. The van der Waals surface area contributed by atoms with Crippen molar-refractivity contribution in [1.29, 1.82) is 0 Å². The molecule has 0 fully saturated rings. The van der Waals surface area contributed by atoms with E-state index in [1.165, 1.54) is 11.3 Å². The highest BCUT2D eigenvalue weighted by molar-refractivity contribution is 7.21. The summed E-state index contributed by atoms with van der Waals surface area (Å²) in [5.41, 5.74) is 5.82. The highest BCUT2D eigenvalue weighted by Crippen LogP contribution is 2.35. The van der Waals surface area contributed by atoms with E-state index in [2.05, 4.69) is 23.2 Å². The molecular weight excluding hydrogens is 340 g/mol. The number of carbonyl (C=O) groups excluding carboxylic acids is 1. The van der Waals surface area contributed by atoms with Gasteiger partial charge in [0.25, 0.3) is 5.91 Å². The molecule has 124 valence electrons. The number of nitrogens with one attached hydrogen (secondary N) is 1. The maximum Gasteiger partial charge on any atom is 0.283 e. The van der Waals surface area contributed by atoms with Crippen molar-refractivity contribution in [3.63, 3.8) is 0 Å². The van der Waals surface area contributed by atoms with Gasteiger partial charge in [-0.25, -0.2) is 5.43 Å². The second-order valence-electron chi connectivity index (χ2n) is 6.11. The molecule has 24 heavy (non-hydrogen) atoms. The average Bonchev–Trinajstić information content (AvgIpc) is 2.91. The van der Waals surface area contributed by atoms with E-state index in [0.717, 1.165) is 39.8 Å². The number of thiophene rings is 1. The fourth-order valence-electron chi connectivity index (χ4n) is 2.75. The van der Waals surface area contributed by atoms with Gasteiger partial charge in [-0.05, 0) is 44.2 Å². The number of hydrogen-bond donors (Lipinski definition) is 1. The minimum Gasteiger partial charge on any atom is -0.266 e. The van der Waals surface area contributed by atoms with Crippen LogP contribution in [0.15, 0.2) is 53.2 Å². The van der Waals surface area contributed by atoms with Crippen LogP contribution in [0.5, 0.6) is 0 Å². The Labute approximate surface area is 150 Å². The third-order valence-corrected chi connectivity index (χ3v) is 6.01. The molecule has 3 rings (SSSR count). The van der Waals surface area contributed by atoms with Crippen LogP contribution in [0.2, 0.25) is 5.02 Å². The number of allylic oxidation sites excluding steroid dienone is 3. The minimum atomic E-state index is -0.265. The van der Waals surface area contributed by atoms with Gasteiger partial charge in [-0.3, -0.25) is 4.79 Å². The fraction of sp³-hybridized carbons (Fsp3) is 0.263. The van der Waals surface area contributed by atoms with Crippen LogP contribution in [-0.4, -0.2) is 11.6 Å². The summed E-state index contributed by atoms with van der Waals surface area (Å²) in [5.74, 6) is 0.121. The van der Waals surface area contributed by atoms with E-state index >= 15 is 0 Å². The number of nitrogens with zero attached hydrogens (tertiary/aromatic N) is 1. The Hall–Kier alpha value is -1.91. The molecule has 3 nitrogen and oxygen atoms in total. The molecule has 0 saturated carbocycles. The SMILES string of the molecule is C=C(C)[C@H]1CC=C(C)/C(=N\NC(=O)c2sc3ccccc3c2Cl)C1. The van der Waals surface area contributed by atoms with Gasteiger partial charge in [0.1, 0.15) is 4.88 Å². The molecule has 0 saturated heterocycles. The van der Waals surface area contributed by atoms with Gasteiger partial charge in [0.2, 0.25) is 0 Å². The first-order valence-electron chi connectivity index (χ1n) is 7.84. The molecule has 0 aliphatic heterocycles. The summed E-state index contributed by atoms with van der Waals surface area (Å²) in [6, 6.07) is 7.73. The van der Waals surface area contributed by atoms with Crippen molar-refractivity contribution in [2.45, 2.75) is 26.7 Å². The Morgan fingerprint density at radius 3 is 2.88 bits per heavy atom. The Bertz CT molecular complexity index is 879. The summed E-state index contributed by atoms with van der Waals surface area (Å²) in [5, 5.41) is 5.73. The van der Waals surface area contributed by atoms with Crippen LogP contribution in [-0.2, 0) is 0 Å². The molecule has 0 unspecified atom stereocenters. The van der Waals surface area contributed by atoms with Gasteiger partial charge >= 0.3 is 0 Å². The standard InChI is InChI=1S/C19H19ClN2OS/c1-11(2)13-9-8-12(3)15(10-13)21-22-19(23)18-17(20)14-6-4-5-7-16(14)24-18/h4-8,13H,1,9-10H2,2-3H3,(H,22,23)/b21-15-/t13-/m0/s1. The number of carbonyl (C=O) groups is 1. The van der Waals surface area contributed by atoms with E-state index in [1.54, 1.807) is 0 Å². The average molecular weight is 359 g/mol. The summed E-state index contributed by atoms with van der Waals surface area (Å²) in [4.78, 5) is 13.0. The predicted octanol–water partition coefficient (Wildman–Crippen LogP) is 5.57. The minimum absolute atomic E-state index is 0.265. The Balaban J connectivity index is 1.81. The zero-order valence-corrected chi connectivity index (χ0v) is 15.3. The first-order valence-corrected chi connectivity index (χ1v) is 9.03.